The maximum atomic E-state index is 8.88. The fourth-order valence-corrected chi connectivity index (χ4v) is 0. The fraction of sp³-hybridized carbons (Fsp3) is 0. The van der Waals surface area contributed by atoms with Crippen LogP contribution >= 0.6 is 28.1 Å². The van der Waals surface area contributed by atoms with Crippen molar-refractivity contribution in [1.82, 2.24) is 0 Å². The average Bonchev–Trinajstić information content (AvgIpc) is 1.12. The van der Waals surface area contributed by atoms with Gasteiger partial charge in [0.05, 0.1) is 0 Å². The van der Waals surface area contributed by atoms with E-state index in [1.54, 1.807) is 0 Å². The zero-order chi connectivity index (χ0) is 9.00. The summed E-state index contributed by atoms with van der Waals surface area (Å²) in [6.07, 6.45) is 0. The minimum absolute atomic E-state index is 0. The van der Waals surface area contributed by atoms with Crippen molar-refractivity contribution >= 4 is 65.8 Å². The van der Waals surface area contributed by atoms with Gasteiger partial charge in [-0.05, 0) is 0 Å². The average molecular weight is 293 g/mol. The molecular formula is H11CaClO9P2. The summed E-state index contributed by atoms with van der Waals surface area (Å²) >= 11 is 0. The Morgan fingerprint density at radius 1 is 0.769 bits per heavy atom. The summed E-state index contributed by atoms with van der Waals surface area (Å²) in [6.45, 7) is 0. The number of halogens is 1. The van der Waals surface area contributed by atoms with E-state index in [9.17, 15) is 0 Å². The summed E-state index contributed by atoms with van der Waals surface area (Å²) in [5, 5.41) is 0. The molecular weight excluding hydrogens is 281 g/mol. The molecule has 0 aromatic rings. The van der Waals surface area contributed by atoms with Crippen molar-refractivity contribution in [2.24, 2.45) is 0 Å². The van der Waals surface area contributed by atoms with Crippen LogP contribution in [0.2, 0.25) is 0 Å². The molecule has 0 unspecified atom stereocenters. The van der Waals surface area contributed by atoms with Gasteiger partial charge in [0.2, 0.25) is 0 Å². The van der Waals surface area contributed by atoms with Gasteiger partial charge < -0.3 is 37.7 Å². The molecule has 0 amide bonds. The quantitative estimate of drug-likeness (QED) is 0.210. The summed E-state index contributed by atoms with van der Waals surface area (Å²) in [4.78, 5) is 43.1. The van der Waals surface area contributed by atoms with Gasteiger partial charge in [-0.2, -0.15) is 0 Å². The van der Waals surface area contributed by atoms with Crippen LogP contribution in [0.25, 0.3) is 0 Å². The van der Waals surface area contributed by atoms with E-state index in [2.05, 4.69) is 0 Å². The zero-order valence-corrected chi connectivity index (χ0v) is 10.8. The summed E-state index contributed by atoms with van der Waals surface area (Å²) in [5.41, 5.74) is 0. The van der Waals surface area contributed by atoms with Crippen LogP contribution in [-0.2, 0) is 9.13 Å². The topological polar surface area (TPSA) is 187 Å². The predicted octanol–water partition coefficient (Wildman–Crippen LogP) is -2.42. The fourth-order valence-electron chi connectivity index (χ4n) is 0. The van der Waals surface area contributed by atoms with E-state index in [1.807, 2.05) is 0 Å². The number of rotatable bonds is 0. The van der Waals surface area contributed by atoms with Crippen LogP contribution in [0.15, 0.2) is 0 Å². The minimum Gasteiger partial charge on any atom is -1.00 e. The van der Waals surface area contributed by atoms with Crippen molar-refractivity contribution in [1.29, 1.82) is 0 Å². The Hall–Kier alpha value is 1.73. The Kier molecular flexibility index (Phi) is 26.6. The molecule has 0 bridgehead atoms. The third-order valence-electron chi connectivity index (χ3n) is 0. The van der Waals surface area contributed by atoms with E-state index in [0.29, 0.717) is 0 Å². The molecule has 0 aliphatic rings. The van der Waals surface area contributed by atoms with Gasteiger partial charge in [0.25, 0.3) is 0 Å². The standard InChI is InChI=1S/Ca.ClH.2H3O4P.H2O.2H/c;;2*1-5(2,3)4;;;/h;1H;2*(H3,1,2,3,4);1H2;;/q+2;;;;;2*-1. The molecule has 0 saturated heterocycles. The largest absolute Gasteiger partial charge is 2.00 e. The van der Waals surface area contributed by atoms with Gasteiger partial charge in [0.1, 0.15) is 0 Å². The number of phosphoric acid groups is 2. The van der Waals surface area contributed by atoms with Crippen molar-refractivity contribution in [3.05, 3.63) is 0 Å². The van der Waals surface area contributed by atoms with Crippen LogP contribution in [0.4, 0.5) is 0 Å². The monoisotopic (exact) mass is 292 g/mol. The van der Waals surface area contributed by atoms with Gasteiger partial charge in [0, 0.05) is 0 Å². The maximum Gasteiger partial charge on any atom is 2.00 e. The van der Waals surface area contributed by atoms with E-state index in [4.69, 9.17) is 38.5 Å². The summed E-state index contributed by atoms with van der Waals surface area (Å²) in [6, 6.07) is 0. The molecule has 0 saturated carbocycles. The Morgan fingerprint density at radius 2 is 0.769 bits per heavy atom. The van der Waals surface area contributed by atoms with Gasteiger partial charge >= 0.3 is 53.4 Å². The molecule has 0 aliphatic heterocycles. The van der Waals surface area contributed by atoms with E-state index < -0.39 is 15.6 Å². The SMILES string of the molecule is Cl.O.O=P(O)(O)O.O=P(O)(O)O.[Ca+2].[H-].[H-]. The Bertz CT molecular complexity index is 138. The second kappa shape index (κ2) is 11.8. The molecule has 8 N–H and O–H groups in total. The normalized spacial score (nSPS) is 9.08. The molecule has 84 valence electrons. The van der Waals surface area contributed by atoms with Crippen LogP contribution in [0.3, 0.4) is 0 Å². The summed E-state index contributed by atoms with van der Waals surface area (Å²) in [7, 11) is -9.28. The Balaban J connectivity index is -0.0000000128. The van der Waals surface area contributed by atoms with Gasteiger partial charge in [-0.1, -0.05) is 0 Å². The Morgan fingerprint density at radius 3 is 0.769 bits per heavy atom. The van der Waals surface area contributed by atoms with E-state index in [-0.39, 0.29) is 58.5 Å². The molecule has 0 radical (unpaired) electrons. The molecule has 0 aromatic carbocycles. The third kappa shape index (κ3) is 631. The first-order valence-electron chi connectivity index (χ1n) is 1.57. The molecule has 0 fully saturated rings. The summed E-state index contributed by atoms with van der Waals surface area (Å²) in [5.74, 6) is 0. The molecule has 0 aromatic heterocycles. The van der Waals surface area contributed by atoms with Crippen molar-refractivity contribution in [3.63, 3.8) is 0 Å². The number of hydrogen-bond acceptors (Lipinski definition) is 2. The summed E-state index contributed by atoms with van der Waals surface area (Å²) < 4.78 is 17.8. The van der Waals surface area contributed by atoms with Crippen molar-refractivity contribution in [3.8, 4) is 0 Å². The molecule has 13 heavy (non-hydrogen) atoms. The number of hydrogen-bond donors (Lipinski definition) is 6. The molecule has 0 atom stereocenters. The third-order valence-corrected chi connectivity index (χ3v) is 0. The van der Waals surface area contributed by atoms with E-state index in [0.717, 1.165) is 0 Å². The maximum absolute atomic E-state index is 8.88. The molecule has 0 spiro atoms. The van der Waals surface area contributed by atoms with Crippen molar-refractivity contribution in [2.75, 3.05) is 0 Å². The second-order valence-corrected chi connectivity index (χ2v) is 3.08. The Labute approximate surface area is 112 Å². The smallest absolute Gasteiger partial charge is 1.00 e. The van der Waals surface area contributed by atoms with Crippen LogP contribution in [0, 0.1) is 0 Å². The van der Waals surface area contributed by atoms with Crippen LogP contribution in [0.1, 0.15) is 2.85 Å². The molecule has 13 heteroatoms. The first-order valence-corrected chi connectivity index (χ1v) is 4.70. The van der Waals surface area contributed by atoms with E-state index >= 15 is 0 Å². The molecule has 0 heterocycles. The molecule has 0 rings (SSSR count). The van der Waals surface area contributed by atoms with Gasteiger partial charge in [-0.25, -0.2) is 9.13 Å². The zero-order valence-electron chi connectivity index (χ0n) is 8.01. The van der Waals surface area contributed by atoms with Crippen LogP contribution < -0.4 is 0 Å². The van der Waals surface area contributed by atoms with Gasteiger partial charge in [-0.3, -0.25) is 0 Å². The minimum atomic E-state index is -4.64. The first kappa shape index (κ1) is 29.3. The van der Waals surface area contributed by atoms with Gasteiger partial charge in [-0.15, -0.1) is 12.4 Å². The predicted molar refractivity (Wildman–Crippen MR) is 47.4 cm³/mol. The molecule has 0 aliphatic carbocycles. The van der Waals surface area contributed by atoms with Crippen molar-refractivity contribution in [2.45, 2.75) is 0 Å². The molecule has 9 nitrogen and oxygen atoms in total. The second-order valence-electron chi connectivity index (χ2n) is 1.03. The first-order chi connectivity index (χ1) is 4.00. The van der Waals surface area contributed by atoms with Gasteiger partial charge in [0.15, 0.2) is 0 Å². The van der Waals surface area contributed by atoms with E-state index in [1.165, 1.54) is 0 Å². The van der Waals surface area contributed by atoms with Crippen LogP contribution in [-0.4, -0.2) is 72.6 Å². The van der Waals surface area contributed by atoms with Crippen molar-refractivity contribution < 1.29 is 46.8 Å². The van der Waals surface area contributed by atoms with Crippen LogP contribution in [0.5, 0.6) is 0 Å².